The first kappa shape index (κ1) is 15.3. The van der Waals surface area contributed by atoms with E-state index in [0.29, 0.717) is 0 Å². The molecule has 0 radical (unpaired) electrons. The van der Waals surface area contributed by atoms with E-state index in [1.54, 1.807) is 4.90 Å². The largest absolute Gasteiger partial charge is 0.358 e. The molecule has 1 saturated heterocycles. The molecule has 0 bridgehead atoms. The first-order valence-corrected chi connectivity index (χ1v) is 8.38. The van der Waals surface area contributed by atoms with Crippen LogP contribution in [0.4, 0.5) is 0 Å². The Hall–Kier alpha value is -1.65. The molecular formula is C18H27N3O+2. The first-order chi connectivity index (χ1) is 10.6. The monoisotopic (exact) mass is 301 g/mol. The van der Waals surface area contributed by atoms with Gasteiger partial charge in [0.2, 0.25) is 0 Å². The highest BCUT2D eigenvalue weighted by Gasteiger charge is 2.23. The number of hydrogen-bond acceptors (Lipinski definition) is 1. The molecule has 22 heavy (non-hydrogen) atoms. The van der Waals surface area contributed by atoms with E-state index in [2.05, 4.69) is 24.9 Å². The van der Waals surface area contributed by atoms with Crippen LogP contribution in [0.2, 0.25) is 0 Å². The molecule has 2 aromatic rings. The number of pyridine rings is 1. The summed E-state index contributed by atoms with van der Waals surface area (Å²) in [4.78, 5) is 19.5. The van der Waals surface area contributed by atoms with E-state index in [9.17, 15) is 4.79 Å². The summed E-state index contributed by atoms with van der Waals surface area (Å²) < 4.78 is 0. The number of aromatic amines is 1. The molecule has 0 spiro atoms. The number of rotatable bonds is 3. The van der Waals surface area contributed by atoms with Gasteiger partial charge >= 0.3 is 0 Å². The molecule has 118 valence electrons. The van der Waals surface area contributed by atoms with Crippen molar-refractivity contribution in [3.63, 3.8) is 0 Å². The molecule has 0 saturated carbocycles. The molecule has 3 N–H and O–H groups in total. The van der Waals surface area contributed by atoms with Crippen molar-refractivity contribution in [3.05, 3.63) is 45.2 Å². The number of aromatic nitrogens is 1. The zero-order valence-corrected chi connectivity index (χ0v) is 13.9. The Labute approximate surface area is 131 Å². The molecule has 1 aliphatic rings. The van der Waals surface area contributed by atoms with Gasteiger partial charge in [0.1, 0.15) is 32.7 Å². The number of nitrogens with one attached hydrogen (secondary N) is 3. The predicted molar refractivity (Wildman–Crippen MR) is 89.7 cm³/mol. The van der Waals surface area contributed by atoms with Gasteiger partial charge in [-0.15, -0.1) is 0 Å². The number of fused-ring (bicyclic) bond motifs is 1. The quantitative estimate of drug-likeness (QED) is 0.700. The average molecular weight is 301 g/mol. The second-order valence-corrected chi connectivity index (χ2v) is 6.59. The van der Waals surface area contributed by atoms with Crippen molar-refractivity contribution in [2.24, 2.45) is 0 Å². The maximum Gasteiger partial charge on any atom is 0.198 e. The van der Waals surface area contributed by atoms with Crippen molar-refractivity contribution in [1.82, 2.24) is 4.98 Å². The summed E-state index contributed by atoms with van der Waals surface area (Å²) in [7, 11) is 0. The Kier molecular flexibility index (Phi) is 4.32. The van der Waals surface area contributed by atoms with Crippen molar-refractivity contribution < 1.29 is 9.80 Å². The van der Waals surface area contributed by atoms with E-state index in [1.807, 2.05) is 19.1 Å². The third kappa shape index (κ3) is 2.81. The Morgan fingerprint density at radius 1 is 1.09 bits per heavy atom. The highest BCUT2D eigenvalue weighted by Crippen LogP contribution is 2.14. The summed E-state index contributed by atoms with van der Waals surface area (Å²) in [5.74, 6) is 0. The van der Waals surface area contributed by atoms with E-state index in [1.165, 1.54) is 24.5 Å². The van der Waals surface area contributed by atoms with Gasteiger partial charge in [0, 0.05) is 11.1 Å². The Bertz CT molecular complexity index is 727. The highest BCUT2D eigenvalue weighted by molar-refractivity contribution is 5.82. The first-order valence-electron chi connectivity index (χ1n) is 8.38. The Balaban J connectivity index is 1.90. The fourth-order valence-electron chi connectivity index (χ4n) is 3.57. The average Bonchev–Trinajstić information content (AvgIpc) is 2.53. The van der Waals surface area contributed by atoms with Crippen molar-refractivity contribution in [2.45, 2.75) is 27.3 Å². The van der Waals surface area contributed by atoms with Gasteiger partial charge in [-0.25, -0.2) is 0 Å². The lowest BCUT2D eigenvalue weighted by Crippen LogP contribution is -3.27. The zero-order chi connectivity index (χ0) is 15.7. The normalized spacial score (nSPS) is 22.1. The molecular weight excluding hydrogens is 274 g/mol. The van der Waals surface area contributed by atoms with Crippen molar-refractivity contribution in [2.75, 3.05) is 32.7 Å². The summed E-state index contributed by atoms with van der Waals surface area (Å²) in [6.07, 6.45) is 0. The SMILES string of the molecule is CC[NH+]1CC[NH+](Cc2c(C)[nH]c3c(C)cccc3c2=O)CC1. The van der Waals surface area contributed by atoms with E-state index >= 15 is 0 Å². The van der Waals surface area contributed by atoms with Crippen LogP contribution < -0.4 is 15.2 Å². The van der Waals surface area contributed by atoms with Crippen molar-refractivity contribution >= 4 is 10.9 Å². The number of para-hydroxylation sites is 1. The molecule has 4 nitrogen and oxygen atoms in total. The van der Waals surface area contributed by atoms with Crippen molar-refractivity contribution in [1.29, 1.82) is 0 Å². The van der Waals surface area contributed by atoms with Gasteiger partial charge < -0.3 is 14.8 Å². The highest BCUT2D eigenvalue weighted by atomic mass is 16.1. The van der Waals surface area contributed by atoms with Crippen LogP contribution in [-0.2, 0) is 6.54 Å². The third-order valence-corrected chi connectivity index (χ3v) is 5.15. The number of benzene rings is 1. The molecule has 0 aliphatic carbocycles. The number of hydrogen-bond donors (Lipinski definition) is 3. The van der Waals surface area contributed by atoms with E-state index < -0.39 is 0 Å². The number of piperazine rings is 1. The van der Waals surface area contributed by atoms with Crippen LogP contribution in [-0.4, -0.2) is 37.7 Å². The van der Waals surface area contributed by atoms with Crippen LogP contribution in [0.1, 0.15) is 23.7 Å². The Morgan fingerprint density at radius 3 is 2.45 bits per heavy atom. The molecule has 0 atom stereocenters. The molecule has 4 heteroatoms. The van der Waals surface area contributed by atoms with Gasteiger partial charge in [0.15, 0.2) is 5.43 Å². The fourth-order valence-corrected chi connectivity index (χ4v) is 3.57. The Morgan fingerprint density at radius 2 is 1.77 bits per heavy atom. The maximum absolute atomic E-state index is 12.9. The number of quaternary nitrogens is 2. The summed E-state index contributed by atoms with van der Waals surface area (Å²) in [6.45, 7) is 13.2. The van der Waals surface area contributed by atoms with Gasteiger partial charge in [0.25, 0.3) is 0 Å². The molecule has 3 rings (SSSR count). The molecule has 1 aromatic carbocycles. The zero-order valence-electron chi connectivity index (χ0n) is 13.9. The van der Waals surface area contributed by atoms with E-state index in [0.717, 1.165) is 47.4 Å². The van der Waals surface area contributed by atoms with Gasteiger partial charge in [-0.1, -0.05) is 12.1 Å². The lowest BCUT2D eigenvalue weighted by atomic mass is 10.1. The summed E-state index contributed by atoms with van der Waals surface area (Å²) >= 11 is 0. The van der Waals surface area contributed by atoms with Gasteiger partial charge in [-0.3, -0.25) is 4.79 Å². The molecule has 0 unspecified atom stereocenters. The second-order valence-electron chi connectivity index (χ2n) is 6.59. The van der Waals surface area contributed by atoms with Crippen molar-refractivity contribution in [3.8, 4) is 0 Å². The minimum atomic E-state index is 0.215. The summed E-state index contributed by atoms with van der Waals surface area (Å²) in [5.41, 5.74) is 4.34. The molecule has 1 aliphatic heterocycles. The van der Waals surface area contributed by atoms with Crippen LogP contribution in [0.3, 0.4) is 0 Å². The van der Waals surface area contributed by atoms with E-state index in [4.69, 9.17) is 0 Å². The molecule has 2 heterocycles. The van der Waals surface area contributed by atoms with Gasteiger partial charge in [-0.05, 0) is 32.4 Å². The minimum Gasteiger partial charge on any atom is -0.358 e. The topological polar surface area (TPSA) is 41.7 Å². The smallest absolute Gasteiger partial charge is 0.198 e. The van der Waals surface area contributed by atoms with Gasteiger partial charge in [0.05, 0.1) is 17.6 Å². The summed E-state index contributed by atoms with van der Waals surface area (Å²) in [5, 5.41) is 0.831. The number of likely N-dealkylation sites (N-methyl/N-ethyl adjacent to an activating group) is 1. The standard InChI is InChI=1S/C18H25N3O/c1-4-20-8-10-21(11-9-20)12-16-14(3)19-17-13(2)6-5-7-15(17)18(16)22/h5-7H,4,8-12H2,1-3H3,(H,19,22)/p+2. The van der Waals surface area contributed by atoms with Crippen LogP contribution in [0.25, 0.3) is 10.9 Å². The number of aryl methyl sites for hydroxylation is 2. The molecule has 0 amide bonds. The lowest BCUT2D eigenvalue weighted by Gasteiger charge is -2.29. The van der Waals surface area contributed by atoms with Crippen LogP contribution in [0.5, 0.6) is 0 Å². The van der Waals surface area contributed by atoms with Crippen LogP contribution in [0, 0.1) is 13.8 Å². The maximum atomic E-state index is 12.9. The van der Waals surface area contributed by atoms with Gasteiger partial charge in [-0.2, -0.15) is 0 Å². The second kappa shape index (κ2) is 6.23. The van der Waals surface area contributed by atoms with Crippen LogP contribution >= 0.6 is 0 Å². The fraction of sp³-hybridized carbons (Fsp3) is 0.500. The summed E-state index contributed by atoms with van der Waals surface area (Å²) in [6, 6.07) is 5.97. The number of H-pyrrole nitrogens is 1. The predicted octanol–water partition coefficient (Wildman–Crippen LogP) is -0.552. The van der Waals surface area contributed by atoms with E-state index in [-0.39, 0.29) is 5.43 Å². The molecule has 1 fully saturated rings. The molecule has 1 aromatic heterocycles. The third-order valence-electron chi connectivity index (χ3n) is 5.15. The lowest BCUT2D eigenvalue weighted by molar-refractivity contribution is -1.02. The minimum absolute atomic E-state index is 0.215. The van der Waals surface area contributed by atoms with Crippen LogP contribution in [0.15, 0.2) is 23.0 Å².